The normalized spacial score (nSPS) is 10.9. The number of halogens is 1. The van der Waals surface area contributed by atoms with Gasteiger partial charge in [-0.25, -0.2) is 0 Å². The Morgan fingerprint density at radius 1 is 1.06 bits per heavy atom. The molecule has 0 bridgehead atoms. The van der Waals surface area contributed by atoms with Crippen LogP contribution in [0.25, 0.3) is 21.8 Å². The molecule has 0 aliphatic heterocycles. The molecule has 0 spiro atoms. The molecule has 3 rings (SSSR count). The number of carbonyl (C=O) groups excluding carboxylic acids is 1. The zero-order chi connectivity index (χ0) is 12.7. The van der Waals surface area contributed by atoms with E-state index in [2.05, 4.69) is 27.6 Å². The molecular weight excluding hydrogens is 341 g/mol. The van der Waals surface area contributed by atoms with Crippen molar-refractivity contribution in [1.29, 1.82) is 0 Å². The summed E-state index contributed by atoms with van der Waals surface area (Å²) in [5, 5.41) is 1.19. The fraction of sp³-hybridized carbons (Fsp3) is 0. The number of hydrogen-bond donors (Lipinski definition) is 1. The number of carbonyl (C=O) groups is 1. The lowest BCUT2D eigenvalue weighted by atomic mass is 10.1. The van der Waals surface area contributed by atoms with E-state index in [1.165, 1.54) is 0 Å². The molecule has 88 valence electrons. The van der Waals surface area contributed by atoms with E-state index in [-0.39, 0.29) is 5.43 Å². The lowest BCUT2D eigenvalue weighted by Crippen LogP contribution is -2.06. The van der Waals surface area contributed by atoms with Crippen LogP contribution in [0.3, 0.4) is 0 Å². The van der Waals surface area contributed by atoms with Gasteiger partial charge in [-0.3, -0.25) is 9.59 Å². The van der Waals surface area contributed by atoms with E-state index in [0.717, 1.165) is 15.4 Å². The monoisotopic (exact) mass is 349 g/mol. The van der Waals surface area contributed by atoms with Crippen molar-refractivity contribution < 1.29 is 4.79 Å². The van der Waals surface area contributed by atoms with E-state index in [4.69, 9.17) is 0 Å². The number of pyridine rings is 1. The average Bonchev–Trinajstić information content (AvgIpc) is 2.39. The molecule has 4 heteroatoms. The van der Waals surface area contributed by atoms with Crippen molar-refractivity contribution >= 4 is 50.7 Å². The van der Waals surface area contributed by atoms with E-state index in [1.54, 1.807) is 18.2 Å². The lowest BCUT2D eigenvalue weighted by Gasteiger charge is -2.05. The van der Waals surface area contributed by atoms with Gasteiger partial charge in [-0.15, -0.1) is 0 Å². The van der Waals surface area contributed by atoms with Gasteiger partial charge in [0.2, 0.25) is 0 Å². The highest BCUT2D eigenvalue weighted by Crippen LogP contribution is 2.21. The van der Waals surface area contributed by atoms with Crippen LogP contribution in [0.1, 0.15) is 10.4 Å². The number of aromatic amines is 1. The highest BCUT2D eigenvalue weighted by atomic mass is 127. The van der Waals surface area contributed by atoms with Crippen molar-refractivity contribution in [3.8, 4) is 0 Å². The van der Waals surface area contributed by atoms with Gasteiger partial charge in [-0.2, -0.15) is 0 Å². The first kappa shape index (κ1) is 11.4. The predicted octanol–water partition coefficient (Wildman–Crippen LogP) is 3.10. The first-order valence-electron chi connectivity index (χ1n) is 5.41. The zero-order valence-corrected chi connectivity index (χ0v) is 11.4. The Kier molecular flexibility index (Phi) is 2.66. The molecule has 0 unspecified atom stereocenters. The molecule has 0 fully saturated rings. The number of hydrogen-bond acceptors (Lipinski definition) is 2. The van der Waals surface area contributed by atoms with Crippen molar-refractivity contribution in [3.63, 3.8) is 0 Å². The van der Waals surface area contributed by atoms with Crippen molar-refractivity contribution in [1.82, 2.24) is 4.98 Å². The van der Waals surface area contributed by atoms with Gasteiger partial charge in [-0.05, 0) is 46.9 Å². The Balaban J connectivity index is 2.64. The van der Waals surface area contributed by atoms with Crippen molar-refractivity contribution in [2.75, 3.05) is 0 Å². The van der Waals surface area contributed by atoms with Gasteiger partial charge >= 0.3 is 0 Å². The summed E-state index contributed by atoms with van der Waals surface area (Å²) in [4.78, 5) is 26.7. The Morgan fingerprint density at radius 3 is 2.61 bits per heavy atom. The second-order valence-electron chi connectivity index (χ2n) is 4.00. The number of rotatable bonds is 1. The molecule has 0 amide bonds. The molecule has 1 heterocycles. The summed E-state index contributed by atoms with van der Waals surface area (Å²) >= 11 is 2.09. The number of nitrogens with one attached hydrogen (secondary N) is 1. The van der Waals surface area contributed by atoms with Crippen LogP contribution in [-0.4, -0.2) is 11.3 Å². The van der Waals surface area contributed by atoms with E-state index < -0.39 is 0 Å². The van der Waals surface area contributed by atoms with Crippen LogP contribution in [0, 0.1) is 3.57 Å². The SMILES string of the molecule is O=Cc1c(I)ccc2c(=O)c3ccccc3[nH]c12. The van der Waals surface area contributed by atoms with E-state index in [1.807, 2.05) is 18.2 Å². The molecule has 0 aliphatic carbocycles. The van der Waals surface area contributed by atoms with Gasteiger partial charge in [0.15, 0.2) is 11.7 Å². The molecule has 0 aliphatic rings. The van der Waals surface area contributed by atoms with Gasteiger partial charge < -0.3 is 4.98 Å². The topological polar surface area (TPSA) is 49.9 Å². The summed E-state index contributed by atoms with van der Waals surface area (Å²) in [6, 6.07) is 10.9. The summed E-state index contributed by atoms with van der Waals surface area (Å²) in [6.07, 6.45) is 0.787. The standard InChI is InChI=1S/C14H8INO2/c15-11-6-5-9-13(10(11)7-17)16-12-4-2-1-3-8(12)14(9)18/h1-7H,(H,16,18). The molecule has 0 saturated carbocycles. The number of para-hydroxylation sites is 1. The van der Waals surface area contributed by atoms with Crippen LogP contribution in [-0.2, 0) is 0 Å². The summed E-state index contributed by atoms with van der Waals surface area (Å²) in [5.74, 6) is 0. The second kappa shape index (κ2) is 4.20. The number of aromatic nitrogens is 1. The minimum absolute atomic E-state index is 0.0427. The van der Waals surface area contributed by atoms with Gasteiger partial charge in [0.25, 0.3) is 0 Å². The molecule has 3 nitrogen and oxygen atoms in total. The van der Waals surface area contributed by atoms with Crippen molar-refractivity contribution in [3.05, 3.63) is 55.8 Å². The number of H-pyrrole nitrogens is 1. The van der Waals surface area contributed by atoms with Crippen LogP contribution >= 0.6 is 22.6 Å². The largest absolute Gasteiger partial charge is 0.354 e. The summed E-state index contributed by atoms with van der Waals surface area (Å²) < 4.78 is 0.834. The van der Waals surface area contributed by atoms with Crippen molar-refractivity contribution in [2.24, 2.45) is 0 Å². The molecular formula is C14H8INO2. The number of benzene rings is 2. The lowest BCUT2D eigenvalue weighted by molar-refractivity contribution is 0.112. The maximum atomic E-state index is 12.3. The molecule has 2 aromatic carbocycles. The van der Waals surface area contributed by atoms with Gasteiger partial charge in [0.05, 0.1) is 11.1 Å². The highest BCUT2D eigenvalue weighted by Gasteiger charge is 2.10. The molecule has 3 aromatic rings. The molecule has 18 heavy (non-hydrogen) atoms. The molecule has 0 atom stereocenters. The van der Waals surface area contributed by atoms with E-state index in [0.29, 0.717) is 21.9 Å². The van der Waals surface area contributed by atoms with Crippen LogP contribution in [0.2, 0.25) is 0 Å². The summed E-state index contributed by atoms with van der Waals surface area (Å²) in [5.41, 5.74) is 1.86. The fourth-order valence-corrected chi connectivity index (χ4v) is 2.68. The fourth-order valence-electron chi connectivity index (χ4n) is 2.10. The quantitative estimate of drug-likeness (QED) is 0.417. The molecule has 0 radical (unpaired) electrons. The van der Waals surface area contributed by atoms with Gasteiger partial charge in [0.1, 0.15) is 0 Å². The summed E-state index contributed by atoms with van der Waals surface area (Å²) in [7, 11) is 0. The Bertz CT molecular complexity index is 836. The highest BCUT2D eigenvalue weighted by molar-refractivity contribution is 14.1. The van der Waals surface area contributed by atoms with Crippen molar-refractivity contribution in [2.45, 2.75) is 0 Å². The van der Waals surface area contributed by atoms with Crippen LogP contribution in [0.4, 0.5) is 0 Å². The first-order chi connectivity index (χ1) is 8.72. The van der Waals surface area contributed by atoms with E-state index >= 15 is 0 Å². The number of fused-ring (bicyclic) bond motifs is 2. The van der Waals surface area contributed by atoms with Crippen LogP contribution < -0.4 is 5.43 Å². The smallest absolute Gasteiger partial charge is 0.197 e. The number of aldehydes is 1. The first-order valence-corrected chi connectivity index (χ1v) is 6.48. The Morgan fingerprint density at radius 2 is 1.83 bits per heavy atom. The van der Waals surface area contributed by atoms with E-state index in [9.17, 15) is 9.59 Å². The third-order valence-electron chi connectivity index (χ3n) is 2.99. The maximum absolute atomic E-state index is 12.3. The predicted molar refractivity (Wildman–Crippen MR) is 80.2 cm³/mol. The van der Waals surface area contributed by atoms with Gasteiger partial charge in [-0.1, -0.05) is 12.1 Å². The van der Waals surface area contributed by atoms with Gasteiger partial charge in [0, 0.05) is 19.9 Å². The third-order valence-corrected chi connectivity index (χ3v) is 3.93. The zero-order valence-electron chi connectivity index (χ0n) is 9.24. The molecule has 0 saturated heterocycles. The van der Waals surface area contributed by atoms with Crippen LogP contribution in [0.15, 0.2) is 41.2 Å². The minimum atomic E-state index is -0.0427. The Hall–Kier alpha value is -1.69. The molecule has 1 aromatic heterocycles. The second-order valence-corrected chi connectivity index (χ2v) is 5.16. The third kappa shape index (κ3) is 1.56. The van der Waals surface area contributed by atoms with Crippen LogP contribution in [0.5, 0.6) is 0 Å². The minimum Gasteiger partial charge on any atom is -0.354 e. The maximum Gasteiger partial charge on any atom is 0.197 e. The summed E-state index contributed by atoms with van der Waals surface area (Å²) in [6.45, 7) is 0. The Labute approximate surface area is 116 Å². The molecule has 1 N–H and O–H groups in total. The average molecular weight is 349 g/mol.